The number of ketones is 1. The van der Waals surface area contributed by atoms with Gasteiger partial charge in [0.1, 0.15) is 5.82 Å². The summed E-state index contributed by atoms with van der Waals surface area (Å²) in [7, 11) is 0. The lowest BCUT2D eigenvalue weighted by molar-refractivity contribution is -0.110. The molecule has 21 heavy (non-hydrogen) atoms. The standard InChI is InChI=1S/C13H10N4O2S2/c1-20-13-16-21-12-15-11(19)9(10(14)17(12)13)6-7-2-4-8(18)5-3-7/h2-6H,14H2,1H3. The van der Waals surface area contributed by atoms with Gasteiger partial charge in [-0.25, -0.2) is 4.40 Å². The predicted molar refractivity (Wildman–Crippen MR) is 84.6 cm³/mol. The van der Waals surface area contributed by atoms with Gasteiger partial charge in [0, 0.05) is 11.5 Å². The third-order valence-corrected chi connectivity index (χ3v) is 4.36. The molecule has 2 heterocycles. The summed E-state index contributed by atoms with van der Waals surface area (Å²) in [4.78, 5) is 27.7. The average Bonchev–Trinajstić information content (AvgIpc) is 2.88. The van der Waals surface area contributed by atoms with Crippen molar-refractivity contribution in [2.45, 2.75) is 5.16 Å². The second-order valence-electron chi connectivity index (χ2n) is 4.22. The van der Waals surface area contributed by atoms with E-state index in [4.69, 9.17) is 5.73 Å². The number of nitrogen functional groups attached to an aromatic ring is 1. The molecule has 0 spiro atoms. The molecule has 0 saturated carbocycles. The Labute approximate surface area is 127 Å². The van der Waals surface area contributed by atoms with Gasteiger partial charge in [-0.2, -0.15) is 9.36 Å². The highest BCUT2D eigenvalue weighted by Gasteiger charge is 2.14. The van der Waals surface area contributed by atoms with E-state index >= 15 is 0 Å². The summed E-state index contributed by atoms with van der Waals surface area (Å²) >= 11 is 2.56. The molecule has 6 nitrogen and oxygen atoms in total. The van der Waals surface area contributed by atoms with Crippen molar-refractivity contribution in [1.29, 1.82) is 0 Å². The van der Waals surface area contributed by atoms with E-state index in [1.807, 2.05) is 6.26 Å². The number of allylic oxidation sites excluding steroid dienone is 5. The summed E-state index contributed by atoms with van der Waals surface area (Å²) in [6, 6.07) is 0. The number of carbonyl (C=O) groups is 1. The van der Waals surface area contributed by atoms with Gasteiger partial charge in [0.15, 0.2) is 10.9 Å². The number of rotatable bonds is 2. The molecule has 3 rings (SSSR count). The van der Waals surface area contributed by atoms with Crippen LogP contribution in [0.3, 0.4) is 0 Å². The van der Waals surface area contributed by atoms with Crippen LogP contribution in [0, 0.1) is 0 Å². The highest BCUT2D eigenvalue weighted by atomic mass is 32.2. The lowest BCUT2D eigenvalue weighted by Gasteiger charge is -2.05. The van der Waals surface area contributed by atoms with Gasteiger partial charge in [-0.05, 0) is 30.1 Å². The second kappa shape index (κ2) is 5.30. The number of nitrogens with two attached hydrogens (primary N) is 1. The van der Waals surface area contributed by atoms with E-state index in [-0.39, 0.29) is 5.78 Å². The zero-order valence-corrected chi connectivity index (χ0v) is 12.6. The lowest BCUT2D eigenvalue weighted by atomic mass is 10.1. The minimum absolute atomic E-state index is 0.0860. The van der Waals surface area contributed by atoms with Crippen LogP contribution in [0.4, 0.5) is 5.82 Å². The van der Waals surface area contributed by atoms with Crippen LogP contribution in [-0.2, 0) is 4.79 Å². The van der Waals surface area contributed by atoms with Gasteiger partial charge in [-0.3, -0.25) is 9.59 Å². The number of hydrogen-bond donors (Lipinski definition) is 1. The Morgan fingerprint density at radius 1 is 1.29 bits per heavy atom. The van der Waals surface area contributed by atoms with Crippen LogP contribution < -0.4 is 11.3 Å². The van der Waals surface area contributed by atoms with E-state index in [0.29, 0.717) is 27.1 Å². The molecule has 0 atom stereocenters. The topological polar surface area (TPSA) is 90.3 Å². The normalized spacial score (nSPS) is 14.1. The largest absolute Gasteiger partial charge is 0.384 e. The number of thioether (sulfide) groups is 1. The SMILES string of the molecule is CSc1nsc2nc(=O)c(C=C3C=CC(=O)C=C3)c(N)n12. The molecule has 8 heteroatoms. The number of carbonyl (C=O) groups excluding carboxylic acids is 1. The Balaban J connectivity index is 2.21. The summed E-state index contributed by atoms with van der Waals surface area (Å²) in [5, 5.41) is 0.685. The van der Waals surface area contributed by atoms with Crippen LogP contribution in [-0.4, -0.2) is 25.8 Å². The van der Waals surface area contributed by atoms with Gasteiger partial charge in [-0.15, -0.1) is 0 Å². The van der Waals surface area contributed by atoms with Crippen LogP contribution in [0.1, 0.15) is 5.56 Å². The summed E-state index contributed by atoms with van der Waals surface area (Å²) in [5.41, 5.74) is 6.70. The molecule has 0 fully saturated rings. The molecule has 106 valence electrons. The third kappa shape index (κ3) is 2.43. The van der Waals surface area contributed by atoms with Gasteiger partial charge in [0.25, 0.3) is 5.56 Å². The number of hydrogen-bond acceptors (Lipinski definition) is 7. The molecule has 0 unspecified atom stereocenters. The van der Waals surface area contributed by atoms with E-state index < -0.39 is 5.56 Å². The quantitative estimate of drug-likeness (QED) is 0.845. The van der Waals surface area contributed by atoms with Gasteiger partial charge in [0.05, 0.1) is 5.56 Å². The fourth-order valence-electron chi connectivity index (χ4n) is 1.89. The van der Waals surface area contributed by atoms with Gasteiger partial charge >= 0.3 is 0 Å². The van der Waals surface area contributed by atoms with E-state index in [2.05, 4.69) is 9.36 Å². The molecule has 0 aromatic carbocycles. The first kappa shape index (κ1) is 13.8. The Hall–Kier alpha value is -2.19. The zero-order chi connectivity index (χ0) is 15.0. The van der Waals surface area contributed by atoms with Crippen LogP contribution in [0.25, 0.3) is 11.0 Å². The first-order valence-corrected chi connectivity index (χ1v) is 7.93. The van der Waals surface area contributed by atoms with E-state index in [1.165, 1.54) is 23.9 Å². The molecule has 0 aliphatic heterocycles. The molecule has 0 amide bonds. The van der Waals surface area contributed by atoms with E-state index in [9.17, 15) is 9.59 Å². The molecule has 2 N–H and O–H groups in total. The molecule has 2 aromatic rings. The summed E-state index contributed by atoms with van der Waals surface area (Å²) < 4.78 is 5.86. The maximum Gasteiger partial charge on any atom is 0.283 e. The zero-order valence-electron chi connectivity index (χ0n) is 10.9. The van der Waals surface area contributed by atoms with Crippen molar-refractivity contribution in [3.8, 4) is 0 Å². The van der Waals surface area contributed by atoms with Crippen molar-refractivity contribution < 1.29 is 4.79 Å². The number of nitrogens with zero attached hydrogens (tertiary/aromatic N) is 3. The second-order valence-corrected chi connectivity index (χ2v) is 5.72. The summed E-state index contributed by atoms with van der Waals surface area (Å²) in [5.74, 6) is 0.214. The van der Waals surface area contributed by atoms with Crippen molar-refractivity contribution >= 4 is 45.9 Å². The molecule has 0 bridgehead atoms. The van der Waals surface area contributed by atoms with Gasteiger partial charge in [-0.1, -0.05) is 23.9 Å². The Kier molecular flexibility index (Phi) is 3.48. The van der Waals surface area contributed by atoms with E-state index in [1.54, 1.807) is 22.6 Å². The van der Waals surface area contributed by atoms with Crippen molar-refractivity contribution in [3.63, 3.8) is 0 Å². The molecule has 0 saturated heterocycles. The lowest BCUT2D eigenvalue weighted by Crippen LogP contribution is -2.16. The van der Waals surface area contributed by atoms with Crippen LogP contribution in [0.15, 0.2) is 39.8 Å². The molecule has 1 aliphatic rings. The van der Waals surface area contributed by atoms with Crippen molar-refractivity contribution in [1.82, 2.24) is 13.8 Å². The number of aromatic nitrogens is 3. The summed E-state index contributed by atoms with van der Waals surface area (Å²) in [6.45, 7) is 0. The highest BCUT2D eigenvalue weighted by molar-refractivity contribution is 7.98. The first-order chi connectivity index (χ1) is 10.1. The monoisotopic (exact) mass is 318 g/mol. The predicted octanol–water partition coefficient (Wildman–Crippen LogP) is 1.53. The highest BCUT2D eigenvalue weighted by Crippen LogP contribution is 2.23. The maximum atomic E-state index is 12.1. The van der Waals surface area contributed by atoms with Crippen LogP contribution in [0.5, 0.6) is 0 Å². The van der Waals surface area contributed by atoms with Crippen molar-refractivity contribution in [2.75, 3.05) is 12.0 Å². The first-order valence-electron chi connectivity index (χ1n) is 5.94. The molecule has 2 aromatic heterocycles. The average molecular weight is 318 g/mol. The summed E-state index contributed by atoms with van der Waals surface area (Å²) in [6.07, 6.45) is 9.64. The van der Waals surface area contributed by atoms with Crippen molar-refractivity contribution in [2.24, 2.45) is 0 Å². The molecule has 1 aliphatic carbocycles. The minimum Gasteiger partial charge on any atom is -0.384 e. The minimum atomic E-state index is -0.407. The fourth-order valence-corrected chi connectivity index (χ4v) is 3.36. The number of fused-ring (bicyclic) bond motifs is 1. The Bertz CT molecular complexity index is 871. The third-order valence-electron chi connectivity index (χ3n) is 2.91. The molecular formula is C13H10N4O2S2. The fraction of sp³-hybridized carbons (Fsp3) is 0.0769. The van der Waals surface area contributed by atoms with Crippen molar-refractivity contribution in [3.05, 3.63) is 45.8 Å². The van der Waals surface area contributed by atoms with Gasteiger partial charge in [0.2, 0.25) is 4.96 Å². The smallest absolute Gasteiger partial charge is 0.283 e. The Morgan fingerprint density at radius 2 is 2.00 bits per heavy atom. The van der Waals surface area contributed by atoms with Gasteiger partial charge < -0.3 is 5.73 Å². The van der Waals surface area contributed by atoms with Crippen LogP contribution in [0.2, 0.25) is 0 Å². The molecular weight excluding hydrogens is 308 g/mol. The molecule has 0 radical (unpaired) electrons. The van der Waals surface area contributed by atoms with E-state index in [0.717, 1.165) is 11.5 Å². The number of anilines is 1. The maximum absolute atomic E-state index is 12.1. The Morgan fingerprint density at radius 3 is 2.67 bits per heavy atom. The van der Waals surface area contributed by atoms with Crippen LogP contribution >= 0.6 is 23.3 Å².